The second-order valence-electron chi connectivity index (χ2n) is 4.83. The van der Waals surface area contributed by atoms with Gasteiger partial charge in [0.1, 0.15) is 0 Å². The van der Waals surface area contributed by atoms with Crippen molar-refractivity contribution in [2.24, 2.45) is 0 Å². The van der Waals surface area contributed by atoms with Crippen molar-refractivity contribution in [1.29, 1.82) is 0 Å². The number of likely N-dealkylation sites (N-methyl/N-ethyl adjacent to an activating group) is 1. The highest BCUT2D eigenvalue weighted by molar-refractivity contribution is 5.19. The van der Waals surface area contributed by atoms with Crippen molar-refractivity contribution < 1.29 is 4.74 Å². The molecule has 0 heterocycles. The van der Waals surface area contributed by atoms with Crippen LogP contribution in [-0.2, 0) is 4.74 Å². The third kappa shape index (κ3) is 4.77. The van der Waals surface area contributed by atoms with E-state index in [4.69, 9.17) is 4.74 Å². The molecule has 1 atom stereocenters. The van der Waals surface area contributed by atoms with Gasteiger partial charge in [-0.1, -0.05) is 30.3 Å². The summed E-state index contributed by atoms with van der Waals surface area (Å²) in [7, 11) is 3.78. The Kier molecular flexibility index (Phi) is 6.94. The van der Waals surface area contributed by atoms with Crippen LogP contribution in [0.4, 0.5) is 0 Å². The van der Waals surface area contributed by atoms with Crippen LogP contribution in [0.25, 0.3) is 0 Å². The third-order valence-corrected chi connectivity index (χ3v) is 3.28. The second kappa shape index (κ2) is 8.25. The Labute approximate surface area is 111 Å². The molecule has 0 aliphatic rings. The van der Waals surface area contributed by atoms with Gasteiger partial charge in [0.05, 0.1) is 6.61 Å². The number of hydrogen-bond donors (Lipinski definition) is 1. The van der Waals surface area contributed by atoms with Crippen LogP contribution >= 0.6 is 0 Å². The molecule has 102 valence electrons. The molecule has 0 saturated heterocycles. The quantitative estimate of drug-likeness (QED) is 0.766. The molecular formula is C15H26N2O. The van der Waals surface area contributed by atoms with E-state index < -0.39 is 0 Å². The third-order valence-electron chi connectivity index (χ3n) is 3.28. The molecule has 3 nitrogen and oxygen atoms in total. The molecule has 0 bridgehead atoms. The molecule has 0 aromatic heterocycles. The van der Waals surface area contributed by atoms with E-state index in [1.165, 1.54) is 5.56 Å². The lowest BCUT2D eigenvalue weighted by molar-refractivity contribution is 0.122. The summed E-state index contributed by atoms with van der Waals surface area (Å²) in [5.41, 5.74) is 1.34. The molecule has 0 amide bonds. The predicted octanol–water partition coefficient (Wildman–Crippen LogP) is 2.30. The van der Waals surface area contributed by atoms with E-state index in [1.54, 1.807) is 7.11 Å². The summed E-state index contributed by atoms with van der Waals surface area (Å²) in [6.45, 7) is 7.21. The number of rotatable bonds is 8. The summed E-state index contributed by atoms with van der Waals surface area (Å²) in [6.07, 6.45) is 0. The van der Waals surface area contributed by atoms with E-state index in [0.29, 0.717) is 12.1 Å². The lowest BCUT2D eigenvalue weighted by Gasteiger charge is -2.30. The van der Waals surface area contributed by atoms with Gasteiger partial charge in [0, 0.05) is 32.3 Å². The number of ether oxygens (including phenoxy) is 1. The summed E-state index contributed by atoms with van der Waals surface area (Å²) in [6, 6.07) is 11.5. The summed E-state index contributed by atoms with van der Waals surface area (Å²) < 4.78 is 5.18. The first-order valence-corrected chi connectivity index (χ1v) is 6.64. The Morgan fingerprint density at radius 2 is 1.89 bits per heavy atom. The number of nitrogens with zero attached hydrogens (tertiary/aromatic N) is 1. The molecule has 1 rings (SSSR count). The first-order chi connectivity index (χ1) is 8.69. The molecule has 1 N–H and O–H groups in total. The van der Waals surface area contributed by atoms with Gasteiger partial charge in [-0.25, -0.2) is 0 Å². The highest BCUT2D eigenvalue weighted by atomic mass is 16.5. The summed E-state index contributed by atoms with van der Waals surface area (Å²) in [4.78, 5) is 2.44. The van der Waals surface area contributed by atoms with Crippen LogP contribution in [0, 0.1) is 0 Å². The van der Waals surface area contributed by atoms with E-state index in [2.05, 4.69) is 54.4 Å². The topological polar surface area (TPSA) is 24.5 Å². The molecule has 1 aromatic rings. The van der Waals surface area contributed by atoms with Crippen molar-refractivity contribution in [3.05, 3.63) is 35.9 Å². The second-order valence-corrected chi connectivity index (χ2v) is 4.83. The average Bonchev–Trinajstić information content (AvgIpc) is 2.39. The minimum absolute atomic E-state index is 0.366. The average molecular weight is 250 g/mol. The fourth-order valence-electron chi connectivity index (χ4n) is 2.05. The first-order valence-electron chi connectivity index (χ1n) is 6.64. The van der Waals surface area contributed by atoms with Gasteiger partial charge in [-0.15, -0.1) is 0 Å². The van der Waals surface area contributed by atoms with Gasteiger partial charge >= 0.3 is 0 Å². The van der Waals surface area contributed by atoms with Crippen LogP contribution in [0.2, 0.25) is 0 Å². The zero-order valence-corrected chi connectivity index (χ0v) is 12.0. The zero-order valence-electron chi connectivity index (χ0n) is 12.0. The molecule has 0 saturated carbocycles. The van der Waals surface area contributed by atoms with Crippen LogP contribution in [-0.4, -0.2) is 44.8 Å². The monoisotopic (exact) mass is 250 g/mol. The number of methoxy groups -OCH3 is 1. The highest BCUT2D eigenvalue weighted by Gasteiger charge is 2.16. The standard InChI is InChI=1S/C15H26N2O/c1-13(2)17(10-11-18-4)12-15(16-3)14-8-6-5-7-9-14/h5-9,13,15-16H,10-12H2,1-4H3. The molecule has 0 aliphatic heterocycles. The van der Waals surface area contributed by atoms with Gasteiger partial charge < -0.3 is 10.1 Å². The van der Waals surface area contributed by atoms with Crippen LogP contribution in [0.1, 0.15) is 25.5 Å². The fourth-order valence-corrected chi connectivity index (χ4v) is 2.05. The van der Waals surface area contributed by atoms with Crippen LogP contribution in [0.5, 0.6) is 0 Å². The lowest BCUT2D eigenvalue weighted by Crippen LogP contribution is -2.40. The van der Waals surface area contributed by atoms with Crippen LogP contribution < -0.4 is 5.32 Å². The smallest absolute Gasteiger partial charge is 0.0589 e. The van der Waals surface area contributed by atoms with Crippen molar-refractivity contribution in [1.82, 2.24) is 10.2 Å². The molecule has 0 spiro atoms. The first kappa shape index (κ1) is 15.2. The summed E-state index contributed by atoms with van der Waals surface area (Å²) in [5.74, 6) is 0. The van der Waals surface area contributed by atoms with Crippen molar-refractivity contribution in [2.75, 3.05) is 33.9 Å². The van der Waals surface area contributed by atoms with Gasteiger partial charge in [-0.05, 0) is 26.5 Å². The molecule has 3 heteroatoms. The van der Waals surface area contributed by atoms with Gasteiger partial charge in [0.25, 0.3) is 0 Å². The maximum absolute atomic E-state index is 5.18. The molecule has 1 aromatic carbocycles. The normalized spacial score (nSPS) is 13.2. The lowest BCUT2D eigenvalue weighted by atomic mass is 10.1. The molecular weight excluding hydrogens is 224 g/mol. The molecule has 0 fully saturated rings. The van der Waals surface area contributed by atoms with E-state index in [-0.39, 0.29) is 0 Å². The SMILES string of the molecule is CNC(CN(CCOC)C(C)C)c1ccccc1. The minimum Gasteiger partial charge on any atom is -0.383 e. The Balaban J connectivity index is 2.65. The Morgan fingerprint density at radius 1 is 1.22 bits per heavy atom. The van der Waals surface area contributed by atoms with Gasteiger partial charge in [-0.2, -0.15) is 0 Å². The number of benzene rings is 1. The zero-order chi connectivity index (χ0) is 13.4. The van der Waals surface area contributed by atoms with Crippen LogP contribution in [0.3, 0.4) is 0 Å². The Morgan fingerprint density at radius 3 is 2.39 bits per heavy atom. The molecule has 0 aliphatic carbocycles. The summed E-state index contributed by atoms with van der Waals surface area (Å²) >= 11 is 0. The van der Waals surface area contributed by atoms with Gasteiger partial charge in [-0.3, -0.25) is 4.90 Å². The van der Waals surface area contributed by atoms with E-state index >= 15 is 0 Å². The Hall–Kier alpha value is -0.900. The minimum atomic E-state index is 0.366. The molecule has 18 heavy (non-hydrogen) atoms. The van der Waals surface area contributed by atoms with Crippen molar-refractivity contribution >= 4 is 0 Å². The van der Waals surface area contributed by atoms with E-state index in [1.807, 2.05) is 7.05 Å². The van der Waals surface area contributed by atoms with Crippen molar-refractivity contribution in [3.8, 4) is 0 Å². The molecule has 0 radical (unpaired) electrons. The predicted molar refractivity (Wildman–Crippen MR) is 76.8 cm³/mol. The van der Waals surface area contributed by atoms with E-state index in [9.17, 15) is 0 Å². The van der Waals surface area contributed by atoms with Gasteiger partial charge in [0.15, 0.2) is 0 Å². The van der Waals surface area contributed by atoms with Crippen molar-refractivity contribution in [2.45, 2.75) is 25.9 Å². The van der Waals surface area contributed by atoms with Crippen molar-refractivity contribution in [3.63, 3.8) is 0 Å². The maximum atomic E-state index is 5.18. The van der Waals surface area contributed by atoms with Crippen LogP contribution in [0.15, 0.2) is 30.3 Å². The number of nitrogens with one attached hydrogen (secondary N) is 1. The largest absolute Gasteiger partial charge is 0.383 e. The molecule has 1 unspecified atom stereocenters. The Bertz CT molecular complexity index is 314. The maximum Gasteiger partial charge on any atom is 0.0589 e. The van der Waals surface area contributed by atoms with E-state index in [0.717, 1.165) is 19.7 Å². The summed E-state index contributed by atoms with van der Waals surface area (Å²) in [5, 5.41) is 3.40. The fraction of sp³-hybridized carbons (Fsp3) is 0.600. The number of hydrogen-bond acceptors (Lipinski definition) is 3. The highest BCUT2D eigenvalue weighted by Crippen LogP contribution is 2.14. The van der Waals surface area contributed by atoms with Gasteiger partial charge in [0.2, 0.25) is 0 Å².